The zero-order chi connectivity index (χ0) is 14.5. The number of hydrogen-bond donors (Lipinski definition) is 0. The van der Waals surface area contributed by atoms with Gasteiger partial charge in [-0.05, 0) is 51.6 Å². The molecule has 118 valence electrons. The van der Waals surface area contributed by atoms with E-state index in [2.05, 4.69) is 10.00 Å². The first kappa shape index (κ1) is 15.2. The molecule has 1 aromatic rings. The highest BCUT2D eigenvalue weighted by atomic mass is 35.5. The minimum atomic E-state index is 0.330. The molecule has 0 amide bonds. The first-order chi connectivity index (χ1) is 10.3. The summed E-state index contributed by atoms with van der Waals surface area (Å²) in [4.78, 5) is 2.50. The second-order valence-electron chi connectivity index (χ2n) is 6.30. The summed E-state index contributed by atoms with van der Waals surface area (Å²) in [6.07, 6.45) is 12.3. The first-order valence-electron chi connectivity index (χ1n) is 8.43. The quantitative estimate of drug-likeness (QED) is 0.830. The molecule has 2 aliphatic rings. The summed E-state index contributed by atoms with van der Waals surface area (Å²) in [5, 5.41) is 5.06. The zero-order valence-corrected chi connectivity index (χ0v) is 13.5. The molecular weight excluding hydrogens is 286 g/mol. The minimum absolute atomic E-state index is 0.330. The fourth-order valence-electron chi connectivity index (χ4n) is 3.37. The Morgan fingerprint density at radius 3 is 2.52 bits per heavy atom. The summed E-state index contributed by atoms with van der Waals surface area (Å²) in [7, 11) is 0. The fourth-order valence-corrected chi connectivity index (χ4v) is 3.59. The molecule has 1 aromatic heterocycles. The van der Waals surface area contributed by atoms with Crippen molar-refractivity contribution in [3.63, 3.8) is 0 Å². The number of rotatable bonds is 5. The predicted octanol–water partition coefficient (Wildman–Crippen LogP) is 3.73. The van der Waals surface area contributed by atoms with E-state index in [1.54, 1.807) is 6.20 Å². The van der Waals surface area contributed by atoms with Crippen molar-refractivity contribution in [1.82, 2.24) is 14.7 Å². The highest BCUT2D eigenvalue weighted by molar-refractivity contribution is 6.31. The van der Waals surface area contributed by atoms with Gasteiger partial charge in [0, 0.05) is 6.54 Å². The van der Waals surface area contributed by atoms with Gasteiger partial charge in [-0.1, -0.05) is 24.4 Å². The van der Waals surface area contributed by atoms with E-state index in [-0.39, 0.29) is 0 Å². The van der Waals surface area contributed by atoms with Crippen LogP contribution >= 0.6 is 11.6 Å². The van der Waals surface area contributed by atoms with Crippen LogP contribution < -0.4 is 4.74 Å². The molecule has 1 saturated heterocycles. The summed E-state index contributed by atoms with van der Waals surface area (Å²) >= 11 is 6.42. The van der Waals surface area contributed by atoms with Crippen molar-refractivity contribution in [3.8, 4) is 5.75 Å². The molecule has 0 unspecified atom stereocenters. The van der Waals surface area contributed by atoms with E-state index in [0.29, 0.717) is 11.3 Å². The van der Waals surface area contributed by atoms with Crippen molar-refractivity contribution < 1.29 is 4.74 Å². The average molecular weight is 312 g/mol. The van der Waals surface area contributed by atoms with Gasteiger partial charge in [-0.25, -0.2) is 4.68 Å². The van der Waals surface area contributed by atoms with E-state index in [1.807, 2.05) is 4.68 Å². The van der Waals surface area contributed by atoms with Gasteiger partial charge in [0.2, 0.25) is 0 Å². The number of likely N-dealkylation sites (tertiary alicyclic amines) is 1. The van der Waals surface area contributed by atoms with E-state index in [9.17, 15) is 0 Å². The number of aromatic nitrogens is 2. The van der Waals surface area contributed by atoms with Gasteiger partial charge < -0.3 is 9.64 Å². The molecule has 3 rings (SSSR count). The molecule has 1 aliphatic heterocycles. The van der Waals surface area contributed by atoms with Gasteiger partial charge in [0.15, 0.2) is 10.9 Å². The van der Waals surface area contributed by atoms with Crippen molar-refractivity contribution >= 4 is 11.6 Å². The number of hydrogen-bond acceptors (Lipinski definition) is 3. The molecule has 0 aromatic carbocycles. The van der Waals surface area contributed by atoms with Gasteiger partial charge in [0.1, 0.15) is 0 Å². The SMILES string of the molecule is Clc1c(OC2CCCCC2)cnn1CCN1CCCCC1. The summed E-state index contributed by atoms with van der Waals surface area (Å²) in [5.74, 6) is 0.766. The van der Waals surface area contributed by atoms with Gasteiger partial charge in [0.05, 0.1) is 18.8 Å². The lowest BCUT2D eigenvalue weighted by molar-refractivity contribution is 0.155. The number of piperidine rings is 1. The van der Waals surface area contributed by atoms with Gasteiger partial charge in [-0.2, -0.15) is 5.10 Å². The molecule has 0 N–H and O–H groups in total. The number of nitrogens with zero attached hydrogens (tertiary/aromatic N) is 3. The lowest BCUT2D eigenvalue weighted by Crippen LogP contribution is -2.32. The third kappa shape index (κ3) is 4.13. The van der Waals surface area contributed by atoms with Crippen molar-refractivity contribution in [3.05, 3.63) is 11.3 Å². The van der Waals surface area contributed by atoms with E-state index in [0.717, 1.165) is 31.7 Å². The number of halogens is 1. The Morgan fingerprint density at radius 2 is 1.76 bits per heavy atom. The highest BCUT2D eigenvalue weighted by Gasteiger charge is 2.19. The van der Waals surface area contributed by atoms with Crippen LogP contribution in [0.2, 0.25) is 5.15 Å². The van der Waals surface area contributed by atoms with Crippen LogP contribution in [-0.4, -0.2) is 40.4 Å². The van der Waals surface area contributed by atoms with Crippen LogP contribution in [0, 0.1) is 0 Å². The molecule has 21 heavy (non-hydrogen) atoms. The maximum Gasteiger partial charge on any atom is 0.176 e. The Kier molecular flexibility index (Phi) is 5.42. The van der Waals surface area contributed by atoms with Gasteiger partial charge >= 0.3 is 0 Å². The van der Waals surface area contributed by atoms with Crippen molar-refractivity contribution in [2.24, 2.45) is 0 Å². The third-order valence-corrected chi connectivity index (χ3v) is 5.05. The molecule has 5 heteroatoms. The second-order valence-corrected chi connectivity index (χ2v) is 6.66. The molecule has 0 bridgehead atoms. The Labute approximate surface area is 132 Å². The minimum Gasteiger partial charge on any atom is -0.486 e. The normalized spacial score (nSPS) is 21.6. The molecule has 1 aliphatic carbocycles. The van der Waals surface area contributed by atoms with Crippen LogP contribution in [0.5, 0.6) is 5.75 Å². The fraction of sp³-hybridized carbons (Fsp3) is 0.812. The van der Waals surface area contributed by atoms with Crippen LogP contribution in [0.1, 0.15) is 51.4 Å². The molecule has 0 atom stereocenters. The Bertz CT molecular complexity index is 437. The van der Waals surface area contributed by atoms with E-state index >= 15 is 0 Å². The summed E-state index contributed by atoms with van der Waals surface area (Å²) in [5.41, 5.74) is 0. The maximum absolute atomic E-state index is 6.42. The first-order valence-corrected chi connectivity index (χ1v) is 8.81. The summed E-state index contributed by atoms with van der Waals surface area (Å²) in [6, 6.07) is 0. The van der Waals surface area contributed by atoms with Gasteiger partial charge in [0.25, 0.3) is 0 Å². The lowest BCUT2D eigenvalue weighted by Gasteiger charge is -2.26. The van der Waals surface area contributed by atoms with Crippen LogP contribution in [-0.2, 0) is 6.54 Å². The maximum atomic E-state index is 6.42. The van der Waals surface area contributed by atoms with Crippen LogP contribution in [0.25, 0.3) is 0 Å². The van der Waals surface area contributed by atoms with Gasteiger partial charge in [-0.15, -0.1) is 0 Å². The topological polar surface area (TPSA) is 30.3 Å². The second kappa shape index (κ2) is 7.50. The Balaban J connectivity index is 1.51. The van der Waals surface area contributed by atoms with Crippen molar-refractivity contribution in [2.45, 2.75) is 64.0 Å². The molecule has 4 nitrogen and oxygen atoms in total. The van der Waals surface area contributed by atoms with E-state index < -0.39 is 0 Å². The summed E-state index contributed by atoms with van der Waals surface area (Å²) in [6.45, 7) is 4.31. The van der Waals surface area contributed by atoms with E-state index in [1.165, 1.54) is 51.6 Å². The predicted molar refractivity (Wildman–Crippen MR) is 85.0 cm³/mol. The number of ether oxygens (including phenoxy) is 1. The molecule has 2 heterocycles. The average Bonchev–Trinajstić information content (AvgIpc) is 2.88. The van der Waals surface area contributed by atoms with Gasteiger partial charge in [-0.3, -0.25) is 0 Å². The molecule has 2 fully saturated rings. The third-order valence-electron chi connectivity index (χ3n) is 4.67. The molecule has 1 saturated carbocycles. The van der Waals surface area contributed by atoms with Crippen LogP contribution in [0.4, 0.5) is 0 Å². The Hall–Kier alpha value is -0.740. The Morgan fingerprint density at radius 1 is 1.05 bits per heavy atom. The highest BCUT2D eigenvalue weighted by Crippen LogP contribution is 2.29. The molecule has 0 radical (unpaired) electrons. The van der Waals surface area contributed by atoms with Crippen LogP contribution in [0.15, 0.2) is 6.20 Å². The standard InChI is InChI=1S/C16H26ClN3O/c17-16-15(21-14-7-3-1-4-8-14)13-18-20(16)12-11-19-9-5-2-6-10-19/h13-14H,1-12H2. The monoisotopic (exact) mass is 311 g/mol. The molecular formula is C16H26ClN3O. The van der Waals surface area contributed by atoms with Crippen LogP contribution in [0.3, 0.4) is 0 Å². The smallest absolute Gasteiger partial charge is 0.176 e. The van der Waals surface area contributed by atoms with Crippen molar-refractivity contribution in [1.29, 1.82) is 0 Å². The largest absolute Gasteiger partial charge is 0.486 e. The lowest BCUT2D eigenvalue weighted by atomic mass is 9.98. The van der Waals surface area contributed by atoms with Crippen molar-refractivity contribution in [2.75, 3.05) is 19.6 Å². The zero-order valence-electron chi connectivity index (χ0n) is 12.8. The summed E-state index contributed by atoms with van der Waals surface area (Å²) < 4.78 is 7.91. The van der Waals surface area contributed by atoms with E-state index in [4.69, 9.17) is 16.3 Å². The molecule has 0 spiro atoms.